The first-order valence-electron chi connectivity index (χ1n) is 5.16. The van der Waals surface area contributed by atoms with E-state index in [1.165, 1.54) is 6.08 Å². The summed E-state index contributed by atoms with van der Waals surface area (Å²) in [5.74, 6) is 0.552. The van der Waals surface area contributed by atoms with Crippen molar-refractivity contribution in [3.8, 4) is 0 Å². The Hall–Kier alpha value is -1.09. The number of alkyl halides is 1. The highest BCUT2D eigenvalue weighted by molar-refractivity contribution is 5.26. The van der Waals surface area contributed by atoms with Crippen LogP contribution in [0.4, 0.5) is 4.39 Å². The van der Waals surface area contributed by atoms with Crippen LogP contribution >= 0.6 is 0 Å². The molecule has 0 saturated heterocycles. The van der Waals surface area contributed by atoms with Gasteiger partial charge in [0.05, 0.1) is 0 Å². The largest absolute Gasteiger partial charge is 0.491 e. The van der Waals surface area contributed by atoms with Crippen LogP contribution in [-0.2, 0) is 4.74 Å². The number of hydrogen-bond donors (Lipinski definition) is 1. The van der Waals surface area contributed by atoms with Gasteiger partial charge in [-0.2, -0.15) is 0 Å². The third kappa shape index (κ3) is 9.22. The van der Waals surface area contributed by atoms with E-state index >= 15 is 0 Å². The maximum absolute atomic E-state index is 11.8. The summed E-state index contributed by atoms with van der Waals surface area (Å²) >= 11 is 0. The lowest BCUT2D eigenvalue weighted by Crippen LogP contribution is -2.02. The summed E-state index contributed by atoms with van der Waals surface area (Å²) in [6.45, 7) is 9.43. The molecule has 0 rings (SSSR count). The molecular weight excluding hydrogens is 193 g/mol. The molecule has 0 aliphatic heterocycles. The van der Waals surface area contributed by atoms with Crippen LogP contribution in [0.3, 0.4) is 0 Å². The molecule has 15 heavy (non-hydrogen) atoms. The highest BCUT2D eigenvalue weighted by Gasteiger charge is 1.94. The van der Waals surface area contributed by atoms with Crippen molar-refractivity contribution < 1.29 is 9.13 Å². The normalized spacial score (nSPS) is 11.5. The van der Waals surface area contributed by atoms with Crippen LogP contribution in [0.5, 0.6) is 0 Å². The van der Waals surface area contributed by atoms with Crippen LogP contribution in [-0.4, -0.2) is 19.8 Å². The number of hydrogen-bond acceptors (Lipinski definition) is 2. The molecule has 0 heterocycles. The number of halogens is 1. The third-order valence-corrected chi connectivity index (χ3v) is 1.48. The van der Waals surface area contributed by atoms with Gasteiger partial charge in [-0.15, -0.1) is 0 Å². The molecule has 0 unspecified atom stereocenters. The molecule has 0 aliphatic rings. The van der Waals surface area contributed by atoms with Gasteiger partial charge in [0.15, 0.2) is 0 Å². The summed E-state index contributed by atoms with van der Waals surface area (Å²) in [6.07, 6.45) is 5.17. The van der Waals surface area contributed by atoms with E-state index in [0.717, 1.165) is 5.57 Å². The van der Waals surface area contributed by atoms with Crippen LogP contribution in [0.25, 0.3) is 0 Å². The Labute approximate surface area is 92.3 Å². The molecule has 0 aromatic carbocycles. The van der Waals surface area contributed by atoms with Crippen molar-refractivity contribution in [2.24, 2.45) is 5.73 Å². The lowest BCUT2D eigenvalue weighted by molar-refractivity contribution is 0.198. The minimum atomic E-state index is -0.501. The molecule has 0 aromatic heterocycles. The Morgan fingerprint density at radius 2 is 2.07 bits per heavy atom. The summed E-state index contributed by atoms with van der Waals surface area (Å²) in [6, 6.07) is 0. The van der Waals surface area contributed by atoms with Gasteiger partial charge in [0.1, 0.15) is 19.0 Å². The molecule has 2 nitrogen and oxygen atoms in total. The monoisotopic (exact) mass is 215 g/mol. The Morgan fingerprint density at radius 1 is 1.47 bits per heavy atom. The summed E-state index contributed by atoms with van der Waals surface area (Å²) < 4.78 is 16.8. The number of allylic oxidation sites excluding steroid dienone is 2. The smallest absolute Gasteiger partial charge is 0.123 e. The van der Waals surface area contributed by atoms with Crippen molar-refractivity contribution in [3.63, 3.8) is 0 Å². The molecule has 0 spiro atoms. The molecule has 3 heteroatoms. The summed E-state index contributed by atoms with van der Waals surface area (Å²) in [5.41, 5.74) is 6.38. The zero-order valence-electron chi connectivity index (χ0n) is 9.92. The van der Waals surface area contributed by atoms with E-state index in [2.05, 4.69) is 6.58 Å². The van der Waals surface area contributed by atoms with Gasteiger partial charge in [0.2, 0.25) is 0 Å². The molecule has 0 saturated carbocycles. The van der Waals surface area contributed by atoms with E-state index in [1.54, 1.807) is 6.08 Å². The molecule has 0 fully saturated rings. The molecule has 2 N–H and O–H groups in total. The average molecular weight is 215 g/mol. The molecular formula is C12H22FNO. The fourth-order valence-electron chi connectivity index (χ4n) is 0.759. The fraction of sp³-hybridized carbons (Fsp3) is 0.500. The van der Waals surface area contributed by atoms with Crippen LogP contribution in [0, 0.1) is 0 Å². The zero-order chi connectivity index (χ0) is 12.1. The molecule has 0 radical (unpaired) electrons. The number of nitrogens with two attached hydrogens (primary N) is 1. The van der Waals surface area contributed by atoms with Crippen molar-refractivity contribution in [1.82, 2.24) is 0 Å². The van der Waals surface area contributed by atoms with Crippen molar-refractivity contribution in [2.75, 3.05) is 19.8 Å². The lowest BCUT2D eigenvalue weighted by Gasteiger charge is -2.04. The summed E-state index contributed by atoms with van der Waals surface area (Å²) in [4.78, 5) is 0. The topological polar surface area (TPSA) is 35.2 Å². The van der Waals surface area contributed by atoms with Crippen molar-refractivity contribution >= 4 is 0 Å². The second-order valence-corrected chi connectivity index (χ2v) is 2.36. The first-order chi connectivity index (χ1) is 7.28. The van der Waals surface area contributed by atoms with Gasteiger partial charge in [0.25, 0.3) is 0 Å². The van der Waals surface area contributed by atoms with E-state index in [1.807, 2.05) is 26.8 Å². The van der Waals surface area contributed by atoms with Crippen LogP contribution < -0.4 is 5.73 Å². The Morgan fingerprint density at radius 3 is 2.40 bits per heavy atom. The maximum Gasteiger partial charge on any atom is 0.123 e. The van der Waals surface area contributed by atoms with E-state index in [0.29, 0.717) is 12.3 Å². The first kappa shape index (κ1) is 16.3. The fourth-order valence-corrected chi connectivity index (χ4v) is 0.759. The SMILES string of the molecule is C=C/C(=C\C(=C/C)CN)OCCF.CC. The maximum atomic E-state index is 11.8. The Bertz CT molecular complexity index is 210. The summed E-state index contributed by atoms with van der Waals surface area (Å²) in [7, 11) is 0. The van der Waals surface area contributed by atoms with E-state index in [4.69, 9.17) is 10.5 Å². The standard InChI is InChI=1S/C10H16FNO.C2H6/c1-3-9(8-12)7-10(4-2)13-6-5-11;1-2/h3-4,7H,2,5-6,8,12H2,1H3;1-2H3/b9-3+,10-7+;. The van der Waals surface area contributed by atoms with Crippen molar-refractivity contribution in [3.05, 3.63) is 36.1 Å². The van der Waals surface area contributed by atoms with Gasteiger partial charge in [0, 0.05) is 6.54 Å². The highest BCUT2D eigenvalue weighted by Crippen LogP contribution is 2.04. The number of rotatable bonds is 6. The van der Waals surface area contributed by atoms with Crippen molar-refractivity contribution in [2.45, 2.75) is 20.8 Å². The van der Waals surface area contributed by atoms with Gasteiger partial charge in [-0.3, -0.25) is 0 Å². The summed E-state index contributed by atoms with van der Waals surface area (Å²) in [5, 5.41) is 0. The Balaban J connectivity index is 0. The molecule has 0 aromatic rings. The molecule has 0 atom stereocenters. The minimum Gasteiger partial charge on any atom is -0.491 e. The van der Waals surface area contributed by atoms with Gasteiger partial charge in [-0.25, -0.2) is 4.39 Å². The Kier molecular flexibility index (Phi) is 14.1. The predicted molar refractivity (Wildman–Crippen MR) is 64.4 cm³/mol. The van der Waals surface area contributed by atoms with Gasteiger partial charge < -0.3 is 10.5 Å². The third-order valence-electron chi connectivity index (χ3n) is 1.48. The molecule has 0 amide bonds. The van der Waals surface area contributed by atoms with Crippen LogP contribution in [0.2, 0.25) is 0 Å². The van der Waals surface area contributed by atoms with E-state index in [-0.39, 0.29) is 6.61 Å². The van der Waals surface area contributed by atoms with Crippen molar-refractivity contribution in [1.29, 1.82) is 0 Å². The van der Waals surface area contributed by atoms with Gasteiger partial charge in [-0.1, -0.05) is 26.5 Å². The quantitative estimate of drug-likeness (QED) is 0.546. The van der Waals surface area contributed by atoms with E-state index in [9.17, 15) is 4.39 Å². The van der Waals surface area contributed by atoms with Crippen LogP contribution in [0.1, 0.15) is 20.8 Å². The second-order valence-electron chi connectivity index (χ2n) is 2.36. The lowest BCUT2D eigenvalue weighted by atomic mass is 10.2. The predicted octanol–water partition coefficient (Wildman–Crippen LogP) is 2.97. The zero-order valence-corrected chi connectivity index (χ0v) is 9.92. The molecule has 0 bridgehead atoms. The number of ether oxygens (including phenoxy) is 1. The second kappa shape index (κ2) is 12.9. The highest BCUT2D eigenvalue weighted by atomic mass is 19.1. The first-order valence-corrected chi connectivity index (χ1v) is 5.16. The minimum absolute atomic E-state index is 0.0550. The molecule has 0 aliphatic carbocycles. The van der Waals surface area contributed by atoms with Crippen LogP contribution in [0.15, 0.2) is 36.1 Å². The molecule has 88 valence electrons. The average Bonchev–Trinajstić information content (AvgIpc) is 2.32. The van der Waals surface area contributed by atoms with Gasteiger partial charge in [-0.05, 0) is 24.6 Å². The van der Waals surface area contributed by atoms with E-state index < -0.39 is 6.67 Å². The van der Waals surface area contributed by atoms with Gasteiger partial charge >= 0.3 is 0 Å².